The second-order valence-electron chi connectivity index (χ2n) is 7.57. The van der Waals surface area contributed by atoms with Gasteiger partial charge >= 0.3 is 0 Å². The van der Waals surface area contributed by atoms with E-state index in [1.165, 1.54) is 0 Å². The van der Waals surface area contributed by atoms with Crippen LogP contribution in [0, 0.1) is 0 Å². The number of fused-ring (bicyclic) bond motifs is 1. The molecule has 30 heavy (non-hydrogen) atoms. The van der Waals surface area contributed by atoms with Gasteiger partial charge in [0.1, 0.15) is 0 Å². The summed E-state index contributed by atoms with van der Waals surface area (Å²) in [6.07, 6.45) is 4.87. The average molecular weight is 436 g/mol. The molecule has 1 atom stereocenters. The molecule has 4 rings (SSSR count). The number of benzene rings is 1. The van der Waals surface area contributed by atoms with Gasteiger partial charge in [0.25, 0.3) is 10.2 Å². The SMILES string of the molecule is COc1cc(C2c3cccn3CCN2S(=O)(=O)N2CCCCC2)cc(OC)c1OC. The summed E-state index contributed by atoms with van der Waals surface area (Å²) in [6, 6.07) is 7.14. The Labute approximate surface area is 178 Å². The van der Waals surface area contributed by atoms with Crippen LogP contribution in [0.3, 0.4) is 0 Å². The van der Waals surface area contributed by atoms with E-state index in [9.17, 15) is 8.42 Å². The van der Waals surface area contributed by atoms with Crippen molar-refractivity contribution in [2.75, 3.05) is 41.0 Å². The highest BCUT2D eigenvalue weighted by atomic mass is 32.2. The van der Waals surface area contributed by atoms with Crippen LogP contribution in [-0.4, -0.2) is 62.6 Å². The molecule has 0 radical (unpaired) electrons. The van der Waals surface area contributed by atoms with Crippen LogP contribution in [0.1, 0.15) is 36.6 Å². The van der Waals surface area contributed by atoms with E-state index in [-0.39, 0.29) is 0 Å². The molecular formula is C21H29N3O5S. The summed E-state index contributed by atoms with van der Waals surface area (Å²) in [4.78, 5) is 0. The van der Waals surface area contributed by atoms with Crippen molar-refractivity contribution in [2.45, 2.75) is 31.8 Å². The van der Waals surface area contributed by atoms with Gasteiger partial charge in [-0.2, -0.15) is 17.0 Å². The van der Waals surface area contributed by atoms with Gasteiger partial charge in [0.15, 0.2) is 11.5 Å². The van der Waals surface area contributed by atoms with Crippen LogP contribution in [0.5, 0.6) is 17.2 Å². The minimum atomic E-state index is -3.62. The fraction of sp³-hybridized carbons (Fsp3) is 0.524. The first kappa shape index (κ1) is 21.0. The number of nitrogens with zero attached hydrogens (tertiary/aromatic N) is 3. The quantitative estimate of drug-likeness (QED) is 0.698. The number of ether oxygens (including phenoxy) is 3. The van der Waals surface area contributed by atoms with Crippen LogP contribution >= 0.6 is 0 Å². The minimum absolute atomic E-state index is 0.405. The number of aromatic nitrogens is 1. The lowest BCUT2D eigenvalue weighted by Crippen LogP contribution is -2.50. The normalized spacial score (nSPS) is 20.6. The molecule has 1 fully saturated rings. The van der Waals surface area contributed by atoms with E-state index in [4.69, 9.17) is 14.2 Å². The van der Waals surface area contributed by atoms with Crippen LogP contribution in [0.25, 0.3) is 0 Å². The molecule has 0 aliphatic carbocycles. The minimum Gasteiger partial charge on any atom is -0.493 e. The molecule has 3 heterocycles. The van der Waals surface area contributed by atoms with Crippen molar-refractivity contribution in [3.8, 4) is 17.2 Å². The summed E-state index contributed by atoms with van der Waals surface area (Å²) in [7, 11) is 1.06. The van der Waals surface area contributed by atoms with E-state index in [0.717, 1.165) is 30.5 Å². The highest BCUT2D eigenvalue weighted by Crippen LogP contribution is 2.44. The highest BCUT2D eigenvalue weighted by molar-refractivity contribution is 7.86. The van der Waals surface area contributed by atoms with Crippen LogP contribution in [0.4, 0.5) is 0 Å². The van der Waals surface area contributed by atoms with E-state index in [1.807, 2.05) is 30.5 Å². The van der Waals surface area contributed by atoms with Gasteiger partial charge in [-0.25, -0.2) is 0 Å². The van der Waals surface area contributed by atoms with E-state index in [0.29, 0.717) is 43.4 Å². The Hall–Kier alpha value is -2.23. The van der Waals surface area contributed by atoms with Crippen molar-refractivity contribution in [2.24, 2.45) is 0 Å². The van der Waals surface area contributed by atoms with Crippen LogP contribution < -0.4 is 14.2 Å². The summed E-state index contributed by atoms with van der Waals surface area (Å²) in [5, 5.41) is 0. The molecule has 164 valence electrons. The van der Waals surface area contributed by atoms with Gasteiger partial charge in [0, 0.05) is 38.1 Å². The van der Waals surface area contributed by atoms with Crippen molar-refractivity contribution >= 4 is 10.2 Å². The van der Waals surface area contributed by atoms with Crippen LogP contribution in [0.2, 0.25) is 0 Å². The second-order valence-corrected chi connectivity index (χ2v) is 9.45. The predicted molar refractivity (Wildman–Crippen MR) is 113 cm³/mol. The fourth-order valence-corrected chi connectivity index (χ4v) is 6.28. The molecule has 1 saturated heterocycles. The third kappa shape index (κ3) is 3.55. The molecule has 0 amide bonds. The summed E-state index contributed by atoms with van der Waals surface area (Å²) in [5.41, 5.74) is 1.71. The summed E-state index contributed by atoms with van der Waals surface area (Å²) < 4.78 is 49.1. The Kier molecular flexibility index (Phi) is 5.95. The molecule has 1 aromatic carbocycles. The zero-order chi connectivity index (χ0) is 21.3. The maximum atomic E-state index is 13.6. The van der Waals surface area contributed by atoms with E-state index in [1.54, 1.807) is 29.9 Å². The zero-order valence-corrected chi connectivity index (χ0v) is 18.5. The Bertz CT molecular complexity index is 973. The third-order valence-corrected chi connectivity index (χ3v) is 7.94. The Balaban J connectivity index is 1.84. The first-order valence-corrected chi connectivity index (χ1v) is 11.6. The molecule has 9 heteroatoms. The van der Waals surface area contributed by atoms with Gasteiger partial charge in [-0.15, -0.1) is 0 Å². The first-order valence-electron chi connectivity index (χ1n) is 10.2. The van der Waals surface area contributed by atoms with Crippen molar-refractivity contribution in [1.82, 2.24) is 13.2 Å². The topological polar surface area (TPSA) is 73.2 Å². The van der Waals surface area contributed by atoms with E-state index < -0.39 is 16.3 Å². The molecular weight excluding hydrogens is 406 g/mol. The third-order valence-electron chi connectivity index (χ3n) is 5.93. The Morgan fingerprint density at radius 1 is 0.900 bits per heavy atom. The molecule has 1 aromatic heterocycles. The molecule has 2 aliphatic rings. The molecule has 0 spiro atoms. The maximum Gasteiger partial charge on any atom is 0.282 e. The van der Waals surface area contributed by atoms with Crippen molar-refractivity contribution in [1.29, 1.82) is 0 Å². The smallest absolute Gasteiger partial charge is 0.282 e. The van der Waals surface area contributed by atoms with E-state index >= 15 is 0 Å². The number of piperidine rings is 1. The van der Waals surface area contributed by atoms with Crippen LogP contribution in [0.15, 0.2) is 30.5 Å². The van der Waals surface area contributed by atoms with Crippen molar-refractivity contribution in [3.05, 3.63) is 41.7 Å². The van der Waals surface area contributed by atoms with Crippen molar-refractivity contribution in [3.63, 3.8) is 0 Å². The number of rotatable bonds is 6. The lowest BCUT2D eigenvalue weighted by Gasteiger charge is -2.40. The van der Waals surface area contributed by atoms with Gasteiger partial charge in [0.2, 0.25) is 5.75 Å². The standard InChI is InChI=1S/C21H29N3O5S/c1-27-18-14-16(15-19(28-2)21(18)29-3)20-17-8-7-9-22(17)12-13-24(20)30(25,26)23-10-5-4-6-11-23/h7-9,14-15,20H,4-6,10-13H2,1-3H3. The van der Waals surface area contributed by atoms with E-state index in [2.05, 4.69) is 4.57 Å². The number of hydrogen-bond acceptors (Lipinski definition) is 5. The molecule has 0 saturated carbocycles. The van der Waals surface area contributed by atoms with Gasteiger partial charge in [-0.05, 0) is 42.7 Å². The summed E-state index contributed by atoms with van der Waals surface area (Å²) >= 11 is 0. The molecule has 8 nitrogen and oxygen atoms in total. The Morgan fingerprint density at radius 2 is 1.57 bits per heavy atom. The molecule has 0 N–H and O–H groups in total. The van der Waals surface area contributed by atoms with Gasteiger partial charge in [0.05, 0.1) is 27.4 Å². The average Bonchev–Trinajstić information content (AvgIpc) is 3.26. The monoisotopic (exact) mass is 435 g/mol. The summed E-state index contributed by atoms with van der Waals surface area (Å²) in [5.74, 6) is 1.50. The van der Waals surface area contributed by atoms with Gasteiger partial charge in [-0.3, -0.25) is 0 Å². The fourth-order valence-electron chi connectivity index (χ4n) is 4.45. The number of hydrogen-bond donors (Lipinski definition) is 0. The lowest BCUT2D eigenvalue weighted by molar-refractivity contribution is 0.253. The lowest BCUT2D eigenvalue weighted by atomic mass is 10.0. The first-order chi connectivity index (χ1) is 14.5. The molecule has 0 bridgehead atoms. The molecule has 2 aliphatic heterocycles. The van der Waals surface area contributed by atoms with Gasteiger partial charge < -0.3 is 18.8 Å². The number of methoxy groups -OCH3 is 3. The highest BCUT2D eigenvalue weighted by Gasteiger charge is 2.40. The molecule has 1 unspecified atom stereocenters. The predicted octanol–water partition coefficient (Wildman–Crippen LogP) is 2.65. The van der Waals surface area contributed by atoms with Crippen LogP contribution in [-0.2, 0) is 16.8 Å². The largest absolute Gasteiger partial charge is 0.493 e. The zero-order valence-electron chi connectivity index (χ0n) is 17.7. The molecule has 2 aromatic rings. The van der Waals surface area contributed by atoms with Crippen molar-refractivity contribution < 1.29 is 22.6 Å². The second kappa shape index (κ2) is 8.49. The summed E-state index contributed by atoms with van der Waals surface area (Å²) in [6.45, 7) is 2.17. The Morgan fingerprint density at radius 3 is 2.17 bits per heavy atom. The van der Waals surface area contributed by atoms with Gasteiger partial charge in [-0.1, -0.05) is 6.42 Å². The maximum absolute atomic E-state index is 13.6.